The smallest absolute Gasteiger partial charge is 0.244 e. The number of amides is 2. The van der Waals surface area contributed by atoms with Gasteiger partial charge in [0.1, 0.15) is 18.2 Å². The number of benzene rings is 3. The molecule has 1 N–H and O–H groups in total. The molecule has 4 rings (SSSR count). The van der Waals surface area contributed by atoms with Crippen molar-refractivity contribution in [1.29, 1.82) is 0 Å². The molecule has 7 nitrogen and oxygen atoms in total. The largest absolute Gasteiger partial charge is 0.493 e. The molecule has 3 aromatic carbocycles. The molecule has 1 aliphatic rings. The number of methoxy groups -OCH3 is 3. The van der Waals surface area contributed by atoms with Crippen LogP contribution in [-0.2, 0) is 9.59 Å². The Morgan fingerprint density at radius 3 is 2.36 bits per heavy atom. The maximum absolute atomic E-state index is 14.0. The average Bonchev–Trinajstić information content (AvgIpc) is 3.01. The van der Waals surface area contributed by atoms with E-state index >= 15 is 0 Å². The van der Waals surface area contributed by atoms with Crippen LogP contribution < -0.4 is 24.4 Å². The SMILES string of the molecule is COc1cc(C2CC(=O)N(CC(=O)Nc3ccc(F)cc3F)c3ccccc3S2)cc(OC)c1OC. The minimum absolute atomic E-state index is 0.0795. The van der Waals surface area contributed by atoms with Gasteiger partial charge in [-0.3, -0.25) is 9.59 Å². The summed E-state index contributed by atoms with van der Waals surface area (Å²) < 4.78 is 43.6. The monoisotopic (exact) mass is 514 g/mol. The van der Waals surface area contributed by atoms with Crippen LogP contribution in [0.25, 0.3) is 0 Å². The van der Waals surface area contributed by atoms with E-state index in [1.807, 2.05) is 12.1 Å². The average molecular weight is 515 g/mol. The Labute approximate surface area is 211 Å². The summed E-state index contributed by atoms with van der Waals surface area (Å²) in [5.74, 6) is -1.17. The van der Waals surface area contributed by atoms with Gasteiger partial charge in [-0.25, -0.2) is 8.78 Å². The number of nitrogens with one attached hydrogen (secondary N) is 1. The first-order valence-corrected chi connectivity index (χ1v) is 11.8. The molecule has 2 amide bonds. The maximum Gasteiger partial charge on any atom is 0.244 e. The highest BCUT2D eigenvalue weighted by molar-refractivity contribution is 7.99. The summed E-state index contributed by atoms with van der Waals surface area (Å²) in [4.78, 5) is 28.3. The Morgan fingerprint density at radius 1 is 1.03 bits per heavy atom. The van der Waals surface area contributed by atoms with Gasteiger partial charge in [0.25, 0.3) is 0 Å². The third kappa shape index (κ3) is 5.23. The van der Waals surface area contributed by atoms with E-state index < -0.39 is 17.5 Å². The van der Waals surface area contributed by atoms with Gasteiger partial charge in [-0.2, -0.15) is 0 Å². The summed E-state index contributed by atoms with van der Waals surface area (Å²) in [6, 6.07) is 13.7. The van der Waals surface area contributed by atoms with Crippen LogP contribution in [0.1, 0.15) is 17.2 Å². The minimum Gasteiger partial charge on any atom is -0.493 e. The van der Waals surface area contributed by atoms with Crippen molar-refractivity contribution in [3.8, 4) is 17.2 Å². The van der Waals surface area contributed by atoms with E-state index in [0.717, 1.165) is 22.6 Å². The molecule has 1 atom stereocenters. The van der Waals surface area contributed by atoms with Crippen molar-refractivity contribution in [2.24, 2.45) is 0 Å². The van der Waals surface area contributed by atoms with Crippen molar-refractivity contribution < 1.29 is 32.6 Å². The second-order valence-electron chi connectivity index (χ2n) is 7.89. The molecule has 10 heteroatoms. The molecule has 0 fully saturated rings. The fourth-order valence-corrected chi connectivity index (χ4v) is 5.21. The number of nitrogens with zero attached hydrogens (tertiary/aromatic N) is 1. The number of rotatable bonds is 7. The molecule has 1 heterocycles. The minimum atomic E-state index is -0.899. The third-order valence-electron chi connectivity index (χ3n) is 5.65. The highest BCUT2D eigenvalue weighted by atomic mass is 32.2. The van der Waals surface area contributed by atoms with Gasteiger partial charge in [-0.05, 0) is 42.0 Å². The molecule has 1 unspecified atom stereocenters. The second kappa shape index (κ2) is 10.9. The van der Waals surface area contributed by atoms with Crippen molar-refractivity contribution in [3.05, 3.63) is 71.8 Å². The molecule has 36 heavy (non-hydrogen) atoms. The standard InChI is InChI=1S/C26H24F2N2O5S/c1-33-20-10-15(11-21(34-2)26(20)35-3)23-13-25(32)30(19-6-4-5-7-22(19)36-23)14-24(31)29-18-9-8-16(27)12-17(18)28/h4-12,23H,13-14H2,1-3H3,(H,29,31). The van der Waals surface area contributed by atoms with E-state index in [9.17, 15) is 18.4 Å². The molecule has 0 radical (unpaired) electrons. The lowest BCUT2D eigenvalue weighted by atomic mass is 10.1. The summed E-state index contributed by atoms with van der Waals surface area (Å²) in [6.45, 7) is -0.338. The predicted molar refractivity (Wildman–Crippen MR) is 133 cm³/mol. The Bertz CT molecular complexity index is 1280. The Balaban J connectivity index is 1.63. The molecular weight excluding hydrogens is 490 g/mol. The summed E-state index contributed by atoms with van der Waals surface area (Å²) in [5, 5.41) is 2.10. The third-order valence-corrected chi connectivity index (χ3v) is 6.97. The van der Waals surface area contributed by atoms with Crippen molar-refractivity contribution in [2.75, 3.05) is 38.1 Å². The molecule has 3 aromatic rings. The molecule has 0 aromatic heterocycles. The normalized spacial score (nSPS) is 15.1. The van der Waals surface area contributed by atoms with E-state index in [2.05, 4.69) is 5.32 Å². The predicted octanol–water partition coefficient (Wildman–Crippen LogP) is 5.20. The number of anilines is 2. The van der Waals surface area contributed by atoms with Crippen LogP contribution in [-0.4, -0.2) is 39.7 Å². The zero-order valence-corrected chi connectivity index (χ0v) is 20.7. The van der Waals surface area contributed by atoms with Crippen LogP contribution in [0.2, 0.25) is 0 Å². The molecular formula is C26H24F2N2O5S. The summed E-state index contributed by atoms with van der Waals surface area (Å²) in [7, 11) is 4.55. The van der Waals surface area contributed by atoms with E-state index in [0.29, 0.717) is 29.0 Å². The first-order valence-electron chi connectivity index (χ1n) is 11.0. The molecule has 1 aliphatic heterocycles. The number of hydrogen-bond donors (Lipinski definition) is 1. The molecule has 188 valence electrons. The number of carbonyl (C=O) groups is 2. The van der Waals surface area contributed by atoms with Crippen molar-refractivity contribution in [3.63, 3.8) is 0 Å². The highest BCUT2D eigenvalue weighted by Crippen LogP contribution is 2.49. The van der Waals surface area contributed by atoms with Gasteiger partial charge < -0.3 is 24.4 Å². The van der Waals surface area contributed by atoms with Gasteiger partial charge in [0.15, 0.2) is 11.5 Å². The summed E-state index contributed by atoms with van der Waals surface area (Å²) >= 11 is 1.48. The van der Waals surface area contributed by atoms with Crippen LogP contribution in [0.15, 0.2) is 59.5 Å². The van der Waals surface area contributed by atoms with Crippen LogP contribution >= 0.6 is 11.8 Å². The van der Waals surface area contributed by atoms with Gasteiger partial charge in [-0.1, -0.05) is 12.1 Å². The van der Waals surface area contributed by atoms with Gasteiger partial charge in [0.2, 0.25) is 17.6 Å². The number of ether oxygens (including phenoxy) is 3. The number of halogens is 2. The summed E-state index contributed by atoms with van der Waals surface area (Å²) in [5.41, 5.74) is 1.19. The Kier molecular flexibility index (Phi) is 7.64. The molecule has 0 saturated carbocycles. The Morgan fingerprint density at radius 2 is 1.72 bits per heavy atom. The van der Waals surface area contributed by atoms with E-state index in [4.69, 9.17) is 14.2 Å². The summed E-state index contributed by atoms with van der Waals surface area (Å²) in [6.07, 6.45) is 0.0795. The van der Waals surface area contributed by atoms with Crippen LogP contribution in [0.5, 0.6) is 17.2 Å². The first kappa shape index (κ1) is 25.3. The molecule has 0 aliphatic carbocycles. The molecule has 0 saturated heterocycles. The number of para-hydroxylation sites is 1. The quantitative estimate of drug-likeness (QED) is 0.467. The first-order chi connectivity index (χ1) is 17.3. The van der Waals surface area contributed by atoms with Crippen LogP contribution in [0.3, 0.4) is 0 Å². The van der Waals surface area contributed by atoms with Gasteiger partial charge >= 0.3 is 0 Å². The van der Waals surface area contributed by atoms with E-state index in [1.54, 1.807) is 24.3 Å². The number of fused-ring (bicyclic) bond motifs is 1. The molecule has 0 bridgehead atoms. The zero-order chi connectivity index (χ0) is 25.8. The second-order valence-corrected chi connectivity index (χ2v) is 9.13. The molecule has 0 spiro atoms. The van der Waals surface area contributed by atoms with Crippen LogP contribution in [0, 0.1) is 11.6 Å². The lowest BCUT2D eigenvalue weighted by Crippen LogP contribution is -2.38. The van der Waals surface area contributed by atoms with Gasteiger partial charge in [0.05, 0.1) is 32.7 Å². The Hall–Kier alpha value is -3.79. The number of carbonyl (C=O) groups excluding carboxylic acids is 2. The van der Waals surface area contributed by atoms with E-state index in [1.165, 1.54) is 38.0 Å². The lowest BCUT2D eigenvalue weighted by molar-refractivity contribution is -0.121. The lowest BCUT2D eigenvalue weighted by Gasteiger charge is -2.22. The van der Waals surface area contributed by atoms with Crippen molar-refractivity contribution >= 4 is 35.0 Å². The fourth-order valence-electron chi connectivity index (χ4n) is 3.95. The maximum atomic E-state index is 14.0. The topological polar surface area (TPSA) is 77.1 Å². The van der Waals surface area contributed by atoms with Crippen molar-refractivity contribution in [1.82, 2.24) is 0 Å². The van der Waals surface area contributed by atoms with Gasteiger partial charge in [0, 0.05) is 22.6 Å². The fraction of sp³-hybridized carbons (Fsp3) is 0.231. The number of hydrogen-bond acceptors (Lipinski definition) is 6. The highest BCUT2D eigenvalue weighted by Gasteiger charge is 2.31. The van der Waals surface area contributed by atoms with Crippen LogP contribution in [0.4, 0.5) is 20.2 Å². The zero-order valence-electron chi connectivity index (χ0n) is 19.8. The van der Waals surface area contributed by atoms with Crippen molar-refractivity contribution in [2.45, 2.75) is 16.6 Å². The van der Waals surface area contributed by atoms with Gasteiger partial charge in [-0.15, -0.1) is 11.8 Å². The number of thioether (sulfide) groups is 1. The van der Waals surface area contributed by atoms with E-state index in [-0.39, 0.29) is 29.8 Å².